The second-order valence-electron chi connectivity index (χ2n) is 6.00. The minimum Gasteiger partial charge on any atom is -0.305 e. The molecule has 0 aliphatic rings. The highest BCUT2D eigenvalue weighted by atomic mass is 35.5. The minimum absolute atomic E-state index is 0.0971. The molecular weight excluding hydrogens is 306 g/mol. The van der Waals surface area contributed by atoms with Gasteiger partial charge >= 0.3 is 0 Å². The van der Waals surface area contributed by atoms with Gasteiger partial charge in [0.1, 0.15) is 0 Å². The lowest BCUT2D eigenvalue weighted by Gasteiger charge is -2.19. The average molecular weight is 328 g/mol. The Morgan fingerprint density at radius 3 is 2.26 bits per heavy atom. The lowest BCUT2D eigenvalue weighted by atomic mass is 9.85. The maximum absolute atomic E-state index is 12.9. The van der Waals surface area contributed by atoms with Gasteiger partial charge in [-0.3, -0.25) is 4.79 Å². The summed E-state index contributed by atoms with van der Waals surface area (Å²) in [7, 11) is 3.88. The molecule has 0 bridgehead atoms. The van der Waals surface area contributed by atoms with Gasteiger partial charge in [0.05, 0.1) is 5.92 Å². The van der Waals surface area contributed by atoms with Gasteiger partial charge in [-0.1, -0.05) is 60.6 Å². The molecule has 120 valence electrons. The molecule has 3 heteroatoms. The van der Waals surface area contributed by atoms with Crippen LogP contribution in [0.25, 0.3) is 0 Å². The van der Waals surface area contributed by atoms with Crippen molar-refractivity contribution in [1.29, 1.82) is 0 Å². The summed E-state index contributed by atoms with van der Waals surface area (Å²) in [5, 5.41) is 0.702. The van der Waals surface area contributed by atoms with Crippen LogP contribution >= 0.6 is 11.6 Å². The molecular formula is C20H22ClNO. The van der Waals surface area contributed by atoms with Crippen LogP contribution in [0.1, 0.15) is 17.0 Å². The van der Waals surface area contributed by atoms with Gasteiger partial charge in [-0.25, -0.2) is 0 Å². The Morgan fingerprint density at radius 2 is 1.70 bits per heavy atom. The molecule has 0 aliphatic heterocycles. The lowest BCUT2D eigenvalue weighted by molar-refractivity contribution is -0.117. The Bertz CT molecular complexity index is 662. The predicted molar refractivity (Wildman–Crippen MR) is 97.0 cm³/mol. The molecule has 23 heavy (non-hydrogen) atoms. The van der Waals surface area contributed by atoms with Crippen molar-refractivity contribution in [2.45, 2.75) is 12.3 Å². The number of nitrogens with zero attached hydrogens (tertiary/aromatic N) is 1. The van der Waals surface area contributed by atoms with Crippen LogP contribution in [0.4, 0.5) is 0 Å². The summed E-state index contributed by atoms with van der Waals surface area (Å²) in [4.78, 5) is 14.9. The molecule has 0 saturated heterocycles. The van der Waals surface area contributed by atoms with E-state index in [1.54, 1.807) is 0 Å². The number of hydrogen-bond donors (Lipinski definition) is 0. The number of halogens is 1. The van der Waals surface area contributed by atoms with E-state index in [1.807, 2.05) is 73.6 Å². The Labute approximate surface area is 143 Å². The first-order valence-electron chi connectivity index (χ1n) is 7.63. The fraction of sp³-hybridized carbons (Fsp3) is 0.250. The topological polar surface area (TPSA) is 20.3 Å². The largest absolute Gasteiger partial charge is 0.305 e. The molecule has 0 heterocycles. The number of carbonyl (C=O) groups is 1. The van der Waals surface area contributed by atoms with E-state index >= 15 is 0 Å². The summed E-state index contributed by atoms with van der Waals surface area (Å²) in [5.41, 5.74) is 2.75. The van der Waals surface area contributed by atoms with Gasteiger partial charge in [0.25, 0.3) is 0 Å². The molecule has 1 atom stereocenters. The number of benzene rings is 2. The molecule has 0 spiro atoms. The van der Waals surface area contributed by atoms with E-state index in [9.17, 15) is 4.79 Å². The monoisotopic (exact) mass is 327 g/mol. The van der Waals surface area contributed by atoms with E-state index in [0.29, 0.717) is 23.6 Å². The van der Waals surface area contributed by atoms with Crippen LogP contribution in [-0.2, 0) is 11.2 Å². The maximum atomic E-state index is 12.9. The smallest absolute Gasteiger partial charge is 0.167 e. The zero-order valence-corrected chi connectivity index (χ0v) is 14.4. The standard InChI is InChI=1S/C20H22ClNO/c1-15(14-22(2)3)20(23)19(17-7-5-4-6-8-17)13-16-9-11-18(21)12-10-16/h4-12,19H,1,13-14H2,2-3H3. The van der Waals surface area contributed by atoms with Crippen molar-refractivity contribution in [3.63, 3.8) is 0 Å². The molecule has 0 radical (unpaired) electrons. The van der Waals surface area contributed by atoms with Crippen molar-refractivity contribution in [3.05, 3.63) is 82.9 Å². The van der Waals surface area contributed by atoms with Crippen LogP contribution in [0.15, 0.2) is 66.7 Å². The van der Waals surface area contributed by atoms with E-state index in [1.165, 1.54) is 0 Å². The summed E-state index contributed by atoms with van der Waals surface area (Å²) in [6, 6.07) is 17.6. The zero-order valence-electron chi connectivity index (χ0n) is 13.6. The van der Waals surface area contributed by atoms with Gasteiger partial charge in [0, 0.05) is 17.1 Å². The fourth-order valence-electron chi connectivity index (χ4n) is 2.61. The fourth-order valence-corrected chi connectivity index (χ4v) is 2.74. The summed E-state index contributed by atoms with van der Waals surface area (Å²) in [5.74, 6) is -0.121. The van der Waals surface area contributed by atoms with Crippen LogP contribution in [-0.4, -0.2) is 31.3 Å². The summed E-state index contributed by atoms with van der Waals surface area (Å²) < 4.78 is 0. The Balaban J connectivity index is 2.27. The van der Waals surface area contributed by atoms with Crippen molar-refractivity contribution in [2.24, 2.45) is 0 Å². The van der Waals surface area contributed by atoms with Crippen molar-refractivity contribution >= 4 is 17.4 Å². The average Bonchev–Trinajstić information content (AvgIpc) is 2.54. The molecule has 0 amide bonds. The first-order valence-corrected chi connectivity index (χ1v) is 8.01. The number of carbonyl (C=O) groups excluding carboxylic acids is 1. The number of hydrogen-bond acceptors (Lipinski definition) is 2. The van der Waals surface area contributed by atoms with Gasteiger partial charge in [-0.05, 0) is 43.8 Å². The molecule has 2 aromatic carbocycles. The third-order valence-electron chi connectivity index (χ3n) is 3.73. The van der Waals surface area contributed by atoms with Crippen molar-refractivity contribution in [1.82, 2.24) is 4.90 Å². The van der Waals surface area contributed by atoms with Gasteiger partial charge < -0.3 is 4.90 Å². The van der Waals surface area contributed by atoms with Crippen molar-refractivity contribution in [3.8, 4) is 0 Å². The number of ketones is 1. The highest BCUT2D eigenvalue weighted by Crippen LogP contribution is 2.25. The van der Waals surface area contributed by atoms with Crippen LogP contribution in [0.5, 0.6) is 0 Å². The highest BCUT2D eigenvalue weighted by Gasteiger charge is 2.23. The summed E-state index contributed by atoms with van der Waals surface area (Å²) >= 11 is 5.95. The third-order valence-corrected chi connectivity index (χ3v) is 3.98. The number of likely N-dealkylation sites (N-methyl/N-ethyl adjacent to an activating group) is 1. The molecule has 0 saturated carbocycles. The SMILES string of the molecule is C=C(CN(C)C)C(=O)C(Cc1ccc(Cl)cc1)c1ccccc1. The van der Waals surface area contributed by atoms with Gasteiger partial charge in [-0.15, -0.1) is 0 Å². The van der Waals surface area contributed by atoms with E-state index in [0.717, 1.165) is 11.1 Å². The van der Waals surface area contributed by atoms with Gasteiger partial charge in [0.15, 0.2) is 5.78 Å². The molecule has 0 aromatic heterocycles. The lowest BCUT2D eigenvalue weighted by Crippen LogP contribution is -2.24. The molecule has 0 N–H and O–H groups in total. The molecule has 2 nitrogen and oxygen atoms in total. The van der Waals surface area contributed by atoms with Gasteiger partial charge in [0.2, 0.25) is 0 Å². The number of rotatable bonds is 7. The molecule has 1 unspecified atom stereocenters. The Hall–Kier alpha value is -1.90. The highest BCUT2D eigenvalue weighted by molar-refractivity contribution is 6.30. The van der Waals surface area contributed by atoms with E-state index in [4.69, 9.17) is 11.6 Å². The molecule has 2 aromatic rings. The van der Waals surface area contributed by atoms with Crippen LogP contribution in [0.3, 0.4) is 0 Å². The second-order valence-corrected chi connectivity index (χ2v) is 6.44. The van der Waals surface area contributed by atoms with Crippen LogP contribution in [0, 0.1) is 0 Å². The second kappa shape index (κ2) is 8.09. The maximum Gasteiger partial charge on any atom is 0.167 e. The van der Waals surface area contributed by atoms with E-state index in [2.05, 4.69) is 6.58 Å². The van der Waals surface area contributed by atoms with E-state index < -0.39 is 0 Å². The quantitative estimate of drug-likeness (QED) is 0.704. The molecule has 0 fully saturated rings. The van der Waals surface area contributed by atoms with Gasteiger partial charge in [-0.2, -0.15) is 0 Å². The Morgan fingerprint density at radius 1 is 1.09 bits per heavy atom. The third kappa shape index (κ3) is 5.05. The molecule has 2 rings (SSSR count). The van der Waals surface area contributed by atoms with Crippen molar-refractivity contribution in [2.75, 3.05) is 20.6 Å². The summed E-state index contributed by atoms with van der Waals surface area (Å²) in [6.45, 7) is 4.56. The minimum atomic E-state index is -0.218. The first-order chi connectivity index (χ1) is 11.0. The van der Waals surface area contributed by atoms with Crippen LogP contribution in [0.2, 0.25) is 5.02 Å². The molecule has 0 aliphatic carbocycles. The normalized spacial score (nSPS) is 12.2. The van der Waals surface area contributed by atoms with E-state index in [-0.39, 0.29) is 11.7 Å². The number of Topliss-reactive ketones (excluding diaryl/α,β-unsaturated/α-hetero) is 1. The Kier molecular flexibility index (Phi) is 6.14. The predicted octanol–water partition coefficient (Wildman–Crippen LogP) is 4.35. The summed E-state index contributed by atoms with van der Waals surface area (Å²) in [6.07, 6.45) is 0.645. The zero-order chi connectivity index (χ0) is 16.8. The van der Waals surface area contributed by atoms with Crippen LogP contribution < -0.4 is 0 Å². The first kappa shape index (κ1) is 17.5. The van der Waals surface area contributed by atoms with Crippen molar-refractivity contribution < 1.29 is 4.79 Å².